The van der Waals surface area contributed by atoms with Crippen molar-refractivity contribution in [3.63, 3.8) is 0 Å². The summed E-state index contributed by atoms with van der Waals surface area (Å²) in [5.74, 6) is -0.001000. The van der Waals surface area contributed by atoms with Crippen molar-refractivity contribution < 1.29 is 27.5 Å². The highest BCUT2D eigenvalue weighted by Gasteiger charge is 2.33. The van der Waals surface area contributed by atoms with E-state index in [9.17, 15) is 18.0 Å². The molecule has 0 unspecified atom stereocenters. The first-order valence-electron chi connectivity index (χ1n) is 12.2. The normalized spacial score (nSPS) is 12.4. The van der Waals surface area contributed by atoms with Crippen molar-refractivity contribution in [1.82, 2.24) is 10.2 Å². The molecule has 2 aromatic carbocycles. The Kier molecular flexibility index (Phi) is 10.4. The Morgan fingerprint density at radius 3 is 2.14 bits per heavy atom. The third-order valence-corrected chi connectivity index (χ3v) is 6.84. The number of hydrogen-bond donors (Lipinski definition) is 1. The van der Waals surface area contributed by atoms with Crippen LogP contribution in [0.15, 0.2) is 48.5 Å². The summed E-state index contributed by atoms with van der Waals surface area (Å²) in [5, 5.41) is 2.95. The minimum absolute atomic E-state index is 0.252. The van der Waals surface area contributed by atoms with Gasteiger partial charge in [-0.05, 0) is 51.3 Å². The van der Waals surface area contributed by atoms with Gasteiger partial charge >= 0.3 is 0 Å². The number of nitrogens with zero attached hydrogens (tertiary/aromatic N) is 2. The predicted octanol–water partition coefficient (Wildman–Crippen LogP) is 3.23. The molecule has 2 amide bonds. The van der Waals surface area contributed by atoms with Crippen LogP contribution < -0.4 is 19.1 Å². The first-order chi connectivity index (χ1) is 17.3. The molecule has 0 bridgehead atoms. The summed E-state index contributed by atoms with van der Waals surface area (Å²) in [7, 11) is -0.924. The second-order valence-corrected chi connectivity index (χ2v) is 11.7. The molecule has 0 aliphatic heterocycles. The quantitative estimate of drug-likeness (QED) is 0.449. The van der Waals surface area contributed by atoms with E-state index in [0.29, 0.717) is 24.3 Å². The van der Waals surface area contributed by atoms with Crippen LogP contribution in [0.2, 0.25) is 0 Å². The van der Waals surface area contributed by atoms with Crippen molar-refractivity contribution >= 4 is 27.5 Å². The molecule has 2 rings (SSSR count). The lowest BCUT2D eigenvalue weighted by Crippen LogP contribution is -2.56. The van der Waals surface area contributed by atoms with Gasteiger partial charge in [0.1, 0.15) is 12.6 Å². The molecule has 0 fully saturated rings. The lowest BCUT2D eigenvalue weighted by atomic mass is 10.1. The summed E-state index contributed by atoms with van der Waals surface area (Å²) < 4.78 is 37.2. The Labute approximate surface area is 220 Å². The molecule has 10 heteroatoms. The standard InChI is InChI=1S/C27H39N3O6S/c1-8-22(26(32)28-27(2,3)4)29(17-16-20-12-10-9-11-13-20)25(31)19-30(37(7,33)34)21-14-15-23(35-5)24(18-21)36-6/h9-15,18,22H,8,16-17,19H2,1-7H3,(H,28,32)/t22-/m1/s1. The van der Waals surface area contributed by atoms with Gasteiger partial charge < -0.3 is 19.7 Å². The van der Waals surface area contributed by atoms with Gasteiger partial charge in [-0.1, -0.05) is 37.3 Å². The number of rotatable bonds is 12. The molecular weight excluding hydrogens is 494 g/mol. The summed E-state index contributed by atoms with van der Waals surface area (Å²) in [4.78, 5) is 28.4. The van der Waals surface area contributed by atoms with Gasteiger partial charge in [-0.2, -0.15) is 0 Å². The maximum Gasteiger partial charge on any atom is 0.244 e. The maximum atomic E-state index is 13.7. The Balaban J connectivity index is 2.43. The molecule has 0 saturated carbocycles. The molecule has 9 nitrogen and oxygen atoms in total. The Morgan fingerprint density at radius 2 is 1.62 bits per heavy atom. The monoisotopic (exact) mass is 533 g/mol. The van der Waals surface area contributed by atoms with Crippen LogP contribution in [0, 0.1) is 0 Å². The van der Waals surface area contributed by atoms with E-state index in [0.717, 1.165) is 16.1 Å². The van der Waals surface area contributed by atoms with Crippen LogP contribution in [-0.4, -0.2) is 70.3 Å². The fourth-order valence-corrected chi connectivity index (χ4v) is 4.78. The van der Waals surface area contributed by atoms with Gasteiger partial charge in [0.15, 0.2) is 11.5 Å². The van der Waals surface area contributed by atoms with Crippen LogP contribution in [0.25, 0.3) is 0 Å². The van der Waals surface area contributed by atoms with Crippen LogP contribution in [-0.2, 0) is 26.0 Å². The van der Waals surface area contributed by atoms with Gasteiger partial charge in [0, 0.05) is 18.2 Å². The largest absolute Gasteiger partial charge is 0.493 e. The van der Waals surface area contributed by atoms with Crippen LogP contribution in [0.4, 0.5) is 5.69 Å². The highest BCUT2D eigenvalue weighted by atomic mass is 32.2. The lowest BCUT2D eigenvalue weighted by molar-refractivity contribution is -0.140. The fraction of sp³-hybridized carbons (Fsp3) is 0.481. The fourth-order valence-electron chi connectivity index (χ4n) is 3.94. The van der Waals surface area contributed by atoms with E-state index < -0.39 is 34.1 Å². The molecule has 0 aromatic heterocycles. The Morgan fingerprint density at radius 1 is 1.00 bits per heavy atom. The zero-order chi connectivity index (χ0) is 27.8. The highest BCUT2D eigenvalue weighted by Crippen LogP contribution is 2.32. The van der Waals surface area contributed by atoms with Crippen LogP contribution in [0.1, 0.15) is 39.7 Å². The highest BCUT2D eigenvalue weighted by molar-refractivity contribution is 7.92. The molecule has 0 aliphatic carbocycles. The van der Waals surface area contributed by atoms with Gasteiger partial charge in [0.2, 0.25) is 21.8 Å². The number of nitrogens with one attached hydrogen (secondary N) is 1. The number of carbonyl (C=O) groups excluding carboxylic acids is 2. The molecular formula is C27H39N3O6S. The molecule has 0 heterocycles. The van der Waals surface area contributed by atoms with Gasteiger partial charge in [-0.3, -0.25) is 13.9 Å². The van der Waals surface area contributed by atoms with E-state index in [1.54, 1.807) is 12.1 Å². The first-order valence-corrected chi connectivity index (χ1v) is 14.0. The van der Waals surface area contributed by atoms with Crippen LogP contribution in [0.5, 0.6) is 11.5 Å². The van der Waals surface area contributed by atoms with Crippen molar-refractivity contribution in [2.75, 3.05) is 37.9 Å². The van der Waals surface area contributed by atoms with Crippen molar-refractivity contribution in [3.05, 3.63) is 54.1 Å². The average Bonchev–Trinajstić information content (AvgIpc) is 2.83. The molecule has 0 radical (unpaired) electrons. The number of ether oxygens (including phenoxy) is 2. The van der Waals surface area contributed by atoms with E-state index in [4.69, 9.17) is 9.47 Å². The molecule has 1 atom stereocenters. The van der Waals surface area contributed by atoms with Crippen LogP contribution >= 0.6 is 0 Å². The van der Waals surface area contributed by atoms with Crippen molar-refractivity contribution in [2.24, 2.45) is 0 Å². The van der Waals surface area contributed by atoms with E-state index in [1.807, 2.05) is 58.0 Å². The summed E-state index contributed by atoms with van der Waals surface area (Å²) >= 11 is 0. The first kappa shape index (κ1) is 30.0. The van der Waals surface area contributed by atoms with E-state index in [-0.39, 0.29) is 18.1 Å². The summed E-state index contributed by atoms with van der Waals surface area (Å²) in [5.41, 5.74) is 0.770. The zero-order valence-electron chi connectivity index (χ0n) is 22.8. The molecule has 204 valence electrons. The zero-order valence-corrected chi connectivity index (χ0v) is 23.6. The van der Waals surface area contributed by atoms with E-state index in [1.165, 1.54) is 25.2 Å². The molecule has 0 aliphatic rings. The number of anilines is 1. The van der Waals surface area contributed by atoms with E-state index >= 15 is 0 Å². The Hall–Kier alpha value is -3.27. The van der Waals surface area contributed by atoms with Crippen molar-refractivity contribution in [1.29, 1.82) is 0 Å². The number of hydrogen-bond acceptors (Lipinski definition) is 6. The topological polar surface area (TPSA) is 105 Å². The SMILES string of the molecule is CC[C@H](C(=O)NC(C)(C)C)N(CCc1ccccc1)C(=O)CN(c1ccc(OC)c(OC)c1)S(C)(=O)=O. The van der Waals surface area contributed by atoms with Crippen LogP contribution in [0.3, 0.4) is 0 Å². The third-order valence-electron chi connectivity index (χ3n) is 5.70. The smallest absolute Gasteiger partial charge is 0.244 e. The minimum atomic E-state index is -3.85. The van der Waals surface area contributed by atoms with Gasteiger partial charge in [0.05, 0.1) is 26.2 Å². The number of carbonyl (C=O) groups is 2. The number of methoxy groups -OCH3 is 2. The van der Waals surface area contributed by atoms with Crippen molar-refractivity contribution in [3.8, 4) is 11.5 Å². The minimum Gasteiger partial charge on any atom is -0.493 e. The lowest BCUT2D eigenvalue weighted by Gasteiger charge is -2.34. The van der Waals surface area contributed by atoms with Gasteiger partial charge in [0.25, 0.3) is 0 Å². The van der Waals surface area contributed by atoms with Crippen molar-refractivity contribution in [2.45, 2.75) is 52.1 Å². The number of amides is 2. The predicted molar refractivity (Wildman–Crippen MR) is 146 cm³/mol. The summed E-state index contributed by atoms with van der Waals surface area (Å²) in [6, 6.07) is 13.5. The summed E-state index contributed by atoms with van der Waals surface area (Å²) in [6.07, 6.45) is 1.92. The second kappa shape index (κ2) is 12.8. The summed E-state index contributed by atoms with van der Waals surface area (Å²) in [6.45, 7) is 7.23. The van der Waals surface area contributed by atoms with E-state index in [2.05, 4.69) is 5.32 Å². The third kappa shape index (κ3) is 8.66. The molecule has 0 spiro atoms. The van der Waals surface area contributed by atoms with Gasteiger partial charge in [-0.25, -0.2) is 8.42 Å². The van der Waals surface area contributed by atoms with Gasteiger partial charge in [-0.15, -0.1) is 0 Å². The molecule has 2 aromatic rings. The average molecular weight is 534 g/mol. The molecule has 0 saturated heterocycles. The Bertz CT molecular complexity index is 1160. The maximum absolute atomic E-state index is 13.7. The molecule has 37 heavy (non-hydrogen) atoms. The molecule has 1 N–H and O–H groups in total. The second-order valence-electron chi connectivity index (χ2n) is 9.79. The number of sulfonamides is 1. The number of benzene rings is 2.